The van der Waals surface area contributed by atoms with Gasteiger partial charge in [0.2, 0.25) is 5.78 Å². The molecule has 2 aromatic rings. The average molecular weight is 356 g/mol. The first-order valence-electron chi connectivity index (χ1n) is 8.11. The second kappa shape index (κ2) is 7.82. The Morgan fingerprint density at radius 2 is 1.77 bits per heavy atom. The highest BCUT2D eigenvalue weighted by atomic mass is 19.1. The lowest BCUT2D eigenvalue weighted by Crippen LogP contribution is -2.23. The summed E-state index contributed by atoms with van der Waals surface area (Å²) in [5.41, 5.74) is 1.02. The van der Waals surface area contributed by atoms with Crippen molar-refractivity contribution in [3.05, 3.63) is 65.5 Å². The zero-order valence-corrected chi connectivity index (χ0v) is 14.1. The number of esters is 1. The van der Waals surface area contributed by atoms with Gasteiger partial charge in [-0.3, -0.25) is 4.79 Å². The quantitative estimate of drug-likeness (QED) is 0.467. The van der Waals surface area contributed by atoms with E-state index in [0.29, 0.717) is 24.7 Å². The molecule has 26 heavy (non-hydrogen) atoms. The number of ether oxygens (including phenoxy) is 3. The van der Waals surface area contributed by atoms with Crippen LogP contribution in [0.25, 0.3) is 6.08 Å². The second-order valence-electron chi connectivity index (χ2n) is 5.69. The van der Waals surface area contributed by atoms with Crippen molar-refractivity contribution in [1.29, 1.82) is 0 Å². The Hall–Kier alpha value is -3.15. The van der Waals surface area contributed by atoms with Crippen molar-refractivity contribution in [2.24, 2.45) is 0 Å². The van der Waals surface area contributed by atoms with E-state index in [1.807, 2.05) is 0 Å². The number of carbonyl (C=O) groups is 2. The van der Waals surface area contributed by atoms with Gasteiger partial charge in [0.25, 0.3) is 0 Å². The van der Waals surface area contributed by atoms with Crippen molar-refractivity contribution in [3.8, 4) is 11.5 Å². The van der Waals surface area contributed by atoms with Crippen molar-refractivity contribution < 1.29 is 28.2 Å². The lowest BCUT2D eigenvalue weighted by Gasteiger charge is -2.18. The minimum absolute atomic E-state index is 0.280. The van der Waals surface area contributed by atoms with E-state index in [9.17, 15) is 14.0 Å². The van der Waals surface area contributed by atoms with Crippen molar-refractivity contribution >= 4 is 17.8 Å². The molecule has 6 heteroatoms. The van der Waals surface area contributed by atoms with Crippen LogP contribution in [0.2, 0.25) is 0 Å². The third-order valence-corrected chi connectivity index (χ3v) is 3.77. The molecule has 0 N–H and O–H groups in total. The summed E-state index contributed by atoms with van der Waals surface area (Å²) in [6.07, 6.45) is 1.83. The Labute approximate surface area is 150 Å². The van der Waals surface area contributed by atoms with Gasteiger partial charge >= 0.3 is 5.97 Å². The SMILES string of the molecule is C[C@@H](OC(=O)/C=C/c1ccc2c(c1)OCCO2)C(=O)c1ccc(F)cc1. The van der Waals surface area contributed by atoms with E-state index < -0.39 is 23.7 Å². The molecule has 134 valence electrons. The highest BCUT2D eigenvalue weighted by Gasteiger charge is 2.18. The standard InChI is InChI=1S/C20H17FO5/c1-13(20(23)15-4-6-16(21)7-5-15)26-19(22)9-3-14-2-8-17-18(12-14)25-11-10-24-17/h2-9,12-13H,10-11H2,1H3/b9-3+/t13-/m1/s1. The zero-order chi connectivity index (χ0) is 18.5. The Morgan fingerprint density at radius 1 is 1.08 bits per heavy atom. The van der Waals surface area contributed by atoms with Crippen LogP contribution in [0.4, 0.5) is 4.39 Å². The number of benzene rings is 2. The maximum atomic E-state index is 12.9. The molecule has 2 aromatic carbocycles. The van der Waals surface area contributed by atoms with E-state index in [1.54, 1.807) is 24.3 Å². The molecule has 0 spiro atoms. The molecule has 0 aromatic heterocycles. The minimum atomic E-state index is -0.974. The van der Waals surface area contributed by atoms with Crippen LogP contribution < -0.4 is 9.47 Å². The number of ketones is 1. The topological polar surface area (TPSA) is 61.8 Å². The molecule has 0 unspecified atom stereocenters. The predicted molar refractivity (Wildman–Crippen MR) is 92.8 cm³/mol. The number of Topliss-reactive ketones (excluding diaryl/α,β-unsaturated/α-hetero) is 1. The normalized spacial score (nSPS) is 14.1. The average Bonchev–Trinajstić information content (AvgIpc) is 2.66. The molecular formula is C20H17FO5. The van der Waals surface area contributed by atoms with Crippen LogP contribution in [-0.4, -0.2) is 31.1 Å². The molecule has 0 saturated carbocycles. The lowest BCUT2D eigenvalue weighted by molar-refractivity contribution is -0.140. The number of halogens is 1. The maximum absolute atomic E-state index is 12.9. The molecule has 0 aliphatic carbocycles. The number of hydrogen-bond donors (Lipinski definition) is 0. The maximum Gasteiger partial charge on any atom is 0.331 e. The number of hydrogen-bond acceptors (Lipinski definition) is 5. The molecule has 0 saturated heterocycles. The van der Waals surface area contributed by atoms with Gasteiger partial charge in [-0.1, -0.05) is 6.07 Å². The monoisotopic (exact) mass is 356 g/mol. The van der Waals surface area contributed by atoms with Crippen LogP contribution in [0.3, 0.4) is 0 Å². The van der Waals surface area contributed by atoms with Crippen molar-refractivity contribution in [1.82, 2.24) is 0 Å². The lowest BCUT2D eigenvalue weighted by atomic mass is 10.1. The van der Waals surface area contributed by atoms with Gasteiger partial charge in [0, 0.05) is 11.6 Å². The summed E-state index contributed by atoms with van der Waals surface area (Å²) >= 11 is 0. The molecule has 0 bridgehead atoms. The van der Waals surface area contributed by atoms with Crippen LogP contribution in [0, 0.1) is 5.82 Å². The molecule has 0 fully saturated rings. The molecule has 0 radical (unpaired) electrons. The van der Waals surface area contributed by atoms with Crippen LogP contribution in [0.15, 0.2) is 48.5 Å². The molecule has 3 rings (SSSR count). The van der Waals surface area contributed by atoms with Crippen LogP contribution in [-0.2, 0) is 9.53 Å². The Balaban J connectivity index is 1.60. The van der Waals surface area contributed by atoms with Gasteiger partial charge in [0.05, 0.1) is 0 Å². The van der Waals surface area contributed by atoms with E-state index >= 15 is 0 Å². The van der Waals surface area contributed by atoms with Gasteiger partial charge in [-0.25, -0.2) is 9.18 Å². The summed E-state index contributed by atoms with van der Waals surface area (Å²) in [5, 5.41) is 0. The van der Waals surface area contributed by atoms with Crippen LogP contribution >= 0.6 is 0 Å². The second-order valence-corrected chi connectivity index (χ2v) is 5.69. The molecule has 5 nitrogen and oxygen atoms in total. The number of fused-ring (bicyclic) bond motifs is 1. The van der Waals surface area contributed by atoms with Crippen molar-refractivity contribution in [2.75, 3.05) is 13.2 Å². The minimum Gasteiger partial charge on any atom is -0.486 e. The summed E-state index contributed by atoms with van der Waals surface area (Å²) in [6, 6.07) is 10.4. The summed E-state index contributed by atoms with van der Waals surface area (Å²) < 4.78 is 28.9. The molecule has 1 heterocycles. The third-order valence-electron chi connectivity index (χ3n) is 3.77. The van der Waals surface area contributed by atoms with E-state index in [4.69, 9.17) is 14.2 Å². The summed E-state index contributed by atoms with van der Waals surface area (Å²) in [6.45, 7) is 2.46. The Kier molecular flexibility index (Phi) is 5.31. The Bertz CT molecular complexity index is 842. The van der Waals surface area contributed by atoms with Gasteiger partial charge in [0.1, 0.15) is 19.0 Å². The molecule has 1 aliphatic heterocycles. The molecule has 0 amide bonds. The van der Waals surface area contributed by atoms with Gasteiger partial charge < -0.3 is 14.2 Å². The summed E-state index contributed by atoms with van der Waals surface area (Å²) in [4.78, 5) is 24.1. The van der Waals surface area contributed by atoms with Gasteiger partial charge in [-0.2, -0.15) is 0 Å². The van der Waals surface area contributed by atoms with E-state index in [0.717, 1.165) is 5.56 Å². The van der Waals surface area contributed by atoms with E-state index in [1.165, 1.54) is 37.3 Å². The molecule has 1 atom stereocenters. The van der Waals surface area contributed by atoms with E-state index in [-0.39, 0.29) is 5.56 Å². The fourth-order valence-electron chi connectivity index (χ4n) is 2.44. The highest BCUT2D eigenvalue weighted by Crippen LogP contribution is 2.31. The van der Waals surface area contributed by atoms with Gasteiger partial charge in [-0.15, -0.1) is 0 Å². The molecular weight excluding hydrogens is 339 g/mol. The predicted octanol–water partition coefficient (Wildman–Crippen LogP) is 3.42. The van der Waals surface area contributed by atoms with Gasteiger partial charge in [0.15, 0.2) is 17.6 Å². The summed E-state index contributed by atoms with van der Waals surface area (Å²) in [7, 11) is 0. The molecule has 1 aliphatic rings. The third kappa shape index (κ3) is 4.27. The van der Waals surface area contributed by atoms with Crippen LogP contribution in [0.1, 0.15) is 22.8 Å². The van der Waals surface area contributed by atoms with Crippen LogP contribution in [0.5, 0.6) is 11.5 Å². The van der Waals surface area contributed by atoms with Crippen molar-refractivity contribution in [2.45, 2.75) is 13.0 Å². The fourth-order valence-corrected chi connectivity index (χ4v) is 2.44. The first kappa shape index (κ1) is 17.7. The summed E-state index contributed by atoms with van der Waals surface area (Å²) in [5.74, 6) is -0.205. The first-order chi connectivity index (χ1) is 12.5. The number of rotatable bonds is 5. The van der Waals surface area contributed by atoms with E-state index in [2.05, 4.69) is 0 Å². The fraction of sp³-hybridized carbons (Fsp3) is 0.200. The Morgan fingerprint density at radius 3 is 2.50 bits per heavy atom. The first-order valence-corrected chi connectivity index (χ1v) is 8.11. The number of carbonyl (C=O) groups excluding carboxylic acids is 2. The highest BCUT2D eigenvalue weighted by molar-refractivity contribution is 6.01. The smallest absolute Gasteiger partial charge is 0.331 e. The zero-order valence-electron chi connectivity index (χ0n) is 14.1. The van der Waals surface area contributed by atoms with Gasteiger partial charge in [-0.05, 0) is 55.0 Å². The van der Waals surface area contributed by atoms with Crippen molar-refractivity contribution in [3.63, 3.8) is 0 Å². The largest absolute Gasteiger partial charge is 0.486 e.